The van der Waals surface area contributed by atoms with E-state index in [-0.39, 0.29) is 16.2 Å². The summed E-state index contributed by atoms with van der Waals surface area (Å²) < 4.78 is 20.1. The number of rotatable bonds is 0. The molecular formula is C32H36O3. The van der Waals surface area contributed by atoms with Crippen LogP contribution < -0.4 is 14.2 Å². The van der Waals surface area contributed by atoms with Gasteiger partial charge in [-0.2, -0.15) is 0 Å². The number of hydrogen-bond acceptors (Lipinski definition) is 3. The van der Waals surface area contributed by atoms with E-state index in [0.717, 1.165) is 51.2 Å². The molecular weight excluding hydrogens is 432 g/mol. The molecule has 0 amide bonds. The minimum atomic E-state index is -0.419. The summed E-state index contributed by atoms with van der Waals surface area (Å²) in [5.74, 6) is 5.32. The minimum Gasteiger partial charge on any atom is -0.456 e. The van der Waals surface area contributed by atoms with Crippen LogP contribution in [-0.4, -0.2) is 0 Å². The predicted molar refractivity (Wildman–Crippen MR) is 141 cm³/mol. The quantitative estimate of drug-likeness (QED) is 0.257. The topological polar surface area (TPSA) is 27.7 Å². The van der Waals surface area contributed by atoms with Crippen LogP contribution in [0.3, 0.4) is 0 Å². The van der Waals surface area contributed by atoms with Gasteiger partial charge in [-0.15, -0.1) is 0 Å². The van der Waals surface area contributed by atoms with Gasteiger partial charge in [-0.05, 0) is 76.3 Å². The molecule has 0 N–H and O–H groups in total. The first-order valence-corrected chi connectivity index (χ1v) is 12.7. The fourth-order valence-electron chi connectivity index (χ4n) is 5.76. The van der Waals surface area contributed by atoms with Crippen LogP contribution >= 0.6 is 0 Å². The summed E-state index contributed by atoms with van der Waals surface area (Å²) >= 11 is 0. The van der Waals surface area contributed by atoms with E-state index in [4.69, 9.17) is 14.2 Å². The highest BCUT2D eigenvalue weighted by atomic mass is 16.5. The van der Waals surface area contributed by atoms with Crippen LogP contribution in [-0.2, 0) is 21.7 Å². The molecule has 0 fully saturated rings. The normalized spacial score (nSPS) is 16.6. The Bertz CT molecular complexity index is 1180. The van der Waals surface area contributed by atoms with Gasteiger partial charge < -0.3 is 14.2 Å². The molecule has 0 spiro atoms. The lowest BCUT2D eigenvalue weighted by atomic mass is 9.64. The third-order valence-corrected chi connectivity index (χ3v) is 7.96. The lowest BCUT2D eigenvalue weighted by Gasteiger charge is -2.47. The smallest absolute Gasteiger partial charge is 0.135 e. The van der Waals surface area contributed by atoms with Gasteiger partial charge in [0, 0.05) is 0 Å². The molecule has 6 rings (SSSR count). The summed E-state index contributed by atoms with van der Waals surface area (Å²) in [6.45, 7) is 22.4. The average molecular weight is 469 g/mol. The van der Waals surface area contributed by atoms with Gasteiger partial charge in [0.2, 0.25) is 0 Å². The van der Waals surface area contributed by atoms with Gasteiger partial charge in [-0.25, -0.2) is 0 Å². The maximum Gasteiger partial charge on any atom is 0.135 e. The zero-order valence-corrected chi connectivity index (χ0v) is 22.7. The molecule has 0 bridgehead atoms. The van der Waals surface area contributed by atoms with Crippen molar-refractivity contribution < 1.29 is 14.2 Å². The Balaban J connectivity index is 1.74. The highest BCUT2D eigenvalue weighted by molar-refractivity contribution is 5.79. The zero-order valence-electron chi connectivity index (χ0n) is 22.7. The predicted octanol–water partition coefficient (Wildman–Crippen LogP) is 9.25. The van der Waals surface area contributed by atoms with Crippen LogP contribution in [0.25, 0.3) is 0 Å². The molecule has 0 atom stereocenters. The largest absolute Gasteiger partial charge is 0.456 e. The third kappa shape index (κ3) is 3.03. The van der Waals surface area contributed by atoms with Crippen LogP contribution in [0.1, 0.15) is 103 Å². The maximum absolute atomic E-state index is 6.70. The van der Waals surface area contributed by atoms with E-state index in [1.54, 1.807) is 0 Å². The summed E-state index contributed by atoms with van der Waals surface area (Å²) in [6.07, 6.45) is 0. The highest BCUT2D eigenvalue weighted by Gasteiger charge is 2.53. The SMILES string of the molecule is CC(C)(C)c1cc2c3c(c1)Oc1cc(C(C)(C)C)cc4c1C3(C)c1c(cc(C(C)(C)C)cc1O4)O2. The van der Waals surface area contributed by atoms with Crippen LogP contribution in [0.15, 0.2) is 36.4 Å². The molecule has 182 valence electrons. The summed E-state index contributed by atoms with van der Waals surface area (Å²) in [7, 11) is 0. The Kier molecular flexibility index (Phi) is 4.14. The Morgan fingerprint density at radius 2 is 0.629 bits per heavy atom. The molecule has 0 saturated carbocycles. The summed E-state index contributed by atoms with van der Waals surface area (Å²) in [5, 5.41) is 0. The first-order valence-electron chi connectivity index (χ1n) is 12.7. The molecule has 3 aliphatic rings. The van der Waals surface area contributed by atoms with E-state index >= 15 is 0 Å². The van der Waals surface area contributed by atoms with Crippen molar-refractivity contribution in [3.63, 3.8) is 0 Å². The van der Waals surface area contributed by atoms with Gasteiger partial charge >= 0.3 is 0 Å². The average Bonchev–Trinajstić information content (AvgIpc) is 2.70. The second-order valence-corrected chi connectivity index (χ2v) is 13.7. The fraction of sp³-hybridized carbons (Fsp3) is 0.438. The van der Waals surface area contributed by atoms with Gasteiger partial charge in [0.05, 0.1) is 22.1 Å². The molecule has 3 nitrogen and oxygen atoms in total. The molecule has 3 aliphatic heterocycles. The zero-order chi connectivity index (χ0) is 25.3. The van der Waals surface area contributed by atoms with Gasteiger partial charge in [0.25, 0.3) is 0 Å². The van der Waals surface area contributed by atoms with E-state index in [2.05, 4.69) is 106 Å². The van der Waals surface area contributed by atoms with E-state index in [1.165, 1.54) is 16.7 Å². The maximum atomic E-state index is 6.70. The van der Waals surface area contributed by atoms with Crippen molar-refractivity contribution in [1.29, 1.82) is 0 Å². The highest BCUT2D eigenvalue weighted by Crippen LogP contribution is 2.67. The molecule has 0 aliphatic carbocycles. The van der Waals surface area contributed by atoms with Crippen molar-refractivity contribution >= 4 is 0 Å². The molecule has 3 aromatic rings. The first-order chi connectivity index (χ1) is 16.1. The van der Waals surface area contributed by atoms with Crippen LogP contribution in [0.4, 0.5) is 0 Å². The van der Waals surface area contributed by atoms with Crippen molar-refractivity contribution in [2.75, 3.05) is 0 Å². The molecule has 3 heteroatoms. The second kappa shape index (κ2) is 6.43. The molecule has 35 heavy (non-hydrogen) atoms. The van der Waals surface area contributed by atoms with E-state index in [0.29, 0.717) is 0 Å². The Morgan fingerprint density at radius 3 is 0.800 bits per heavy atom. The second-order valence-electron chi connectivity index (χ2n) is 13.7. The van der Waals surface area contributed by atoms with Crippen LogP contribution in [0.5, 0.6) is 34.5 Å². The lowest BCUT2D eigenvalue weighted by Crippen LogP contribution is -2.36. The summed E-state index contributed by atoms with van der Waals surface area (Å²) in [5.41, 5.74) is 6.38. The molecule has 0 radical (unpaired) electrons. The first kappa shape index (κ1) is 22.5. The lowest BCUT2D eigenvalue weighted by molar-refractivity contribution is 0.332. The third-order valence-electron chi connectivity index (χ3n) is 7.96. The monoisotopic (exact) mass is 468 g/mol. The standard InChI is InChI=1S/C32H36O3/c1-29(2,3)17-11-20-26-21(12-17)34-23-14-19(31(7,8)9)16-25-28(23)32(26,10)27-22(33-20)13-18(30(4,5)6)15-24(27)35-25/h11-16H,1-10H3. The van der Waals surface area contributed by atoms with Gasteiger partial charge in [-0.1, -0.05) is 62.3 Å². The Labute approximate surface area is 209 Å². The number of ether oxygens (including phenoxy) is 3. The summed E-state index contributed by atoms with van der Waals surface area (Å²) in [6, 6.07) is 13.3. The van der Waals surface area contributed by atoms with E-state index < -0.39 is 5.41 Å². The van der Waals surface area contributed by atoms with Crippen LogP contribution in [0, 0.1) is 0 Å². The van der Waals surface area contributed by atoms with Crippen LogP contribution in [0.2, 0.25) is 0 Å². The van der Waals surface area contributed by atoms with E-state index in [1.807, 2.05) is 0 Å². The van der Waals surface area contributed by atoms with Gasteiger partial charge in [0.1, 0.15) is 34.5 Å². The molecule has 3 heterocycles. The molecule has 0 aromatic heterocycles. The molecule has 0 unspecified atom stereocenters. The van der Waals surface area contributed by atoms with Gasteiger partial charge in [-0.3, -0.25) is 0 Å². The van der Waals surface area contributed by atoms with E-state index in [9.17, 15) is 0 Å². The van der Waals surface area contributed by atoms with Gasteiger partial charge in [0.15, 0.2) is 0 Å². The number of benzene rings is 3. The van der Waals surface area contributed by atoms with Crippen molar-refractivity contribution in [3.8, 4) is 34.5 Å². The summed E-state index contributed by atoms with van der Waals surface area (Å²) in [4.78, 5) is 0. The Morgan fingerprint density at radius 1 is 0.429 bits per heavy atom. The molecule has 0 saturated heterocycles. The van der Waals surface area contributed by atoms with Crippen molar-refractivity contribution in [2.45, 2.75) is 90.9 Å². The van der Waals surface area contributed by atoms with Crippen molar-refractivity contribution in [1.82, 2.24) is 0 Å². The van der Waals surface area contributed by atoms with Crippen molar-refractivity contribution in [3.05, 3.63) is 69.8 Å². The number of hydrogen-bond donors (Lipinski definition) is 0. The fourth-order valence-corrected chi connectivity index (χ4v) is 5.76. The minimum absolute atomic E-state index is 0.0355. The molecule has 3 aromatic carbocycles. The Hall–Kier alpha value is -2.94. The van der Waals surface area contributed by atoms with Crippen molar-refractivity contribution in [2.24, 2.45) is 0 Å².